The number of carboxylic acids is 1. The highest BCUT2D eigenvalue weighted by molar-refractivity contribution is 8.18. The van der Waals surface area contributed by atoms with E-state index < -0.39 is 17.7 Å². The van der Waals surface area contributed by atoms with Crippen LogP contribution >= 0.6 is 23.5 Å². The lowest BCUT2D eigenvalue weighted by molar-refractivity contribution is -0.138. The second-order valence-electron chi connectivity index (χ2n) is 6.29. The van der Waals surface area contributed by atoms with Crippen LogP contribution in [-0.2, 0) is 16.7 Å². The Morgan fingerprint density at radius 1 is 1.29 bits per heavy atom. The third-order valence-electron chi connectivity index (χ3n) is 4.22. The Hall–Kier alpha value is -2.00. The molecule has 1 aromatic carbocycles. The van der Waals surface area contributed by atoms with Crippen LogP contribution in [0.5, 0.6) is 0 Å². The van der Waals surface area contributed by atoms with Crippen molar-refractivity contribution < 1.29 is 27.5 Å². The summed E-state index contributed by atoms with van der Waals surface area (Å²) in [6, 6.07) is 6.72. The van der Waals surface area contributed by atoms with Crippen molar-refractivity contribution >= 4 is 29.5 Å². The molecule has 4 nitrogen and oxygen atoms in total. The number of hydrogen-bond acceptors (Lipinski definition) is 5. The number of carbonyl (C=O) groups is 1. The van der Waals surface area contributed by atoms with Gasteiger partial charge in [-0.25, -0.2) is 0 Å². The van der Waals surface area contributed by atoms with Crippen molar-refractivity contribution in [2.24, 2.45) is 0 Å². The van der Waals surface area contributed by atoms with Crippen molar-refractivity contribution in [1.29, 1.82) is 0 Å². The van der Waals surface area contributed by atoms with Crippen molar-refractivity contribution in [1.82, 2.24) is 5.32 Å². The first-order valence-corrected chi connectivity index (χ1v) is 10.3. The van der Waals surface area contributed by atoms with Gasteiger partial charge in [0.15, 0.2) is 0 Å². The lowest BCUT2D eigenvalue weighted by Gasteiger charge is -2.10. The summed E-state index contributed by atoms with van der Waals surface area (Å²) in [5.41, 5.74) is 1.72. The zero-order chi connectivity index (χ0) is 20.5. The number of thioether (sulfide) groups is 2. The van der Waals surface area contributed by atoms with Gasteiger partial charge in [0.1, 0.15) is 16.2 Å². The van der Waals surface area contributed by atoms with E-state index in [-0.39, 0.29) is 11.1 Å². The molecular weight excluding hydrogens is 411 g/mol. The van der Waals surface area contributed by atoms with Crippen LogP contribution in [0.2, 0.25) is 0 Å². The Bertz CT molecular complexity index is 904. The normalized spacial score (nSPS) is 17.1. The number of benzene rings is 1. The first kappa shape index (κ1) is 20.7. The van der Waals surface area contributed by atoms with Crippen molar-refractivity contribution in [2.75, 3.05) is 0 Å². The quantitative estimate of drug-likeness (QED) is 0.602. The van der Waals surface area contributed by atoms with Crippen LogP contribution < -0.4 is 5.32 Å². The molecule has 1 aromatic heterocycles. The number of nitrogens with one attached hydrogen (secondary N) is 1. The highest BCUT2D eigenvalue weighted by atomic mass is 32.2. The molecule has 0 spiro atoms. The molecule has 0 radical (unpaired) electrons. The van der Waals surface area contributed by atoms with Crippen LogP contribution in [0.25, 0.3) is 11.3 Å². The van der Waals surface area contributed by atoms with E-state index in [4.69, 9.17) is 9.52 Å². The fraction of sp³-hybridized carbons (Fsp3) is 0.316. The number of halogens is 3. The second kappa shape index (κ2) is 8.16. The average molecular weight is 429 g/mol. The lowest BCUT2D eigenvalue weighted by Crippen LogP contribution is -2.15. The van der Waals surface area contributed by atoms with E-state index >= 15 is 0 Å². The first-order chi connectivity index (χ1) is 13.1. The van der Waals surface area contributed by atoms with Gasteiger partial charge in [-0.15, -0.1) is 11.8 Å². The molecule has 150 valence electrons. The fourth-order valence-electron chi connectivity index (χ4n) is 2.69. The smallest absolute Gasteiger partial charge is 0.416 e. The summed E-state index contributed by atoms with van der Waals surface area (Å²) in [4.78, 5) is 11.7. The summed E-state index contributed by atoms with van der Waals surface area (Å²) in [6.07, 6.45) is -4.36. The Kier molecular flexibility index (Phi) is 6.04. The standard InChI is InChI=1S/C19H18F3NO3S2/c1-10-16(8-17(24)25)28-18(23-10)27-9-13-7-15(26-11(13)2)12-3-5-14(6-4-12)19(20,21)22/h3-7,18,23H,8-9H2,1-2H3,(H,24,25). The van der Waals surface area contributed by atoms with Crippen molar-refractivity contribution in [3.63, 3.8) is 0 Å². The Morgan fingerprint density at radius 2 is 1.96 bits per heavy atom. The van der Waals surface area contributed by atoms with E-state index in [2.05, 4.69) is 5.32 Å². The fourth-order valence-corrected chi connectivity index (χ4v) is 5.32. The van der Waals surface area contributed by atoms with E-state index in [9.17, 15) is 18.0 Å². The average Bonchev–Trinajstić information content (AvgIpc) is 3.14. The molecule has 2 N–H and O–H groups in total. The molecule has 1 aliphatic heterocycles. The van der Waals surface area contributed by atoms with Crippen LogP contribution in [0, 0.1) is 6.92 Å². The summed E-state index contributed by atoms with van der Waals surface area (Å²) < 4.78 is 43.8. The summed E-state index contributed by atoms with van der Waals surface area (Å²) in [5.74, 6) is 1.01. The summed E-state index contributed by atoms with van der Waals surface area (Å²) in [7, 11) is 0. The molecular formula is C19H18F3NO3S2. The van der Waals surface area contributed by atoms with Crippen LogP contribution in [0.4, 0.5) is 13.2 Å². The first-order valence-electron chi connectivity index (χ1n) is 8.37. The maximum Gasteiger partial charge on any atom is 0.416 e. The molecule has 2 aromatic rings. The molecule has 1 unspecified atom stereocenters. The van der Waals surface area contributed by atoms with E-state index in [0.29, 0.717) is 22.8 Å². The van der Waals surface area contributed by atoms with E-state index in [1.807, 2.05) is 19.9 Å². The van der Waals surface area contributed by atoms with Crippen molar-refractivity contribution in [3.05, 3.63) is 57.8 Å². The van der Waals surface area contributed by atoms with Gasteiger partial charge in [0, 0.05) is 27.5 Å². The number of aliphatic carboxylic acids is 1. The zero-order valence-corrected chi connectivity index (χ0v) is 16.7. The maximum atomic E-state index is 12.7. The lowest BCUT2D eigenvalue weighted by atomic mass is 10.1. The minimum absolute atomic E-state index is 0.00334. The van der Waals surface area contributed by atoms with E-state index in [0.717, 1.165) is 28.3 Å². The van der Waals surface area contributed by atoms with E-state index in [1.165, 1.54) is 23.9 Å². The summed E-state index contributed by atoms with van der Waals surface area (Å²) in [6.45, 7) is 3.68. The molecule has 0 fully saturated rings. The number of aryl methyl sites for hydroxylation is 1. The van der Waals surface area contributed by atoms with Gasteiger partial charge >= 0.3 is 12.1 Å². The molecule has 28 heavy (non-hydrogen) atoms. The molecule has 2 heterocycles. The number of carboxylic acid groups (broad SMARTS) is 1. The third-order valence-corrected chi connectivity index (χ3v) is 6.88. The SMILES string of the molecule is CC1=C(CC(=O)O)SC(SCc2cc(-c3ccc(C(F)(F)F)cc3)oc2C)N1. The molecule has 0 saturated heterocycles. The Labute approximate surface area is 168 Å². The summed E-state index contributed by atoms with van der Waals surface area (Å²) in [5, 5.41) is 12.2. The molecule has 0 bridgehead atoms. The molecule has 1 atom stereocenters. The molecule has 1 aliphatic rings. The molecule has 0 amide bonds. The van der Waals surface area contributed by atoms with Gasteiger partial charge in [0.25, 0.3) is 0 Å². The Morgan fingerprint density at radius 3 is 2.57 bits per heavy atom. The highest BCUT2D eigenvalue weighted by Gasteiger charge is 2.30. The minimum Gasteiger partial charge on any atom is -0.481 e. The van der Waals surface area contributed by atoms with Crippen LogP contribution in [0.3, 0.4) is 0 Å². The van der Waals surface area contributed by atoms with Crippen LogP contribution in [-0.4, -0.2) is 15.8 Å². The molecule has 0 saturated carbocycles. The van der Waals surface area contributed by atoms with Gasteiger partial charge in [0.05, 0.1) is 12.0 Å². The zero-order valence-electron chi connectivity index (χ0n) is 15.1. The number of hydrogen-bond donors (Lipinski definition) is 2. The van der Waals surface area contributed by atoms with Crippen LogP contribution in [0.1, 0.15) is 30.2 Å². The summed E-state index contributed by atoms with van der Waals surface area (Å²) >= 11 is 3.10. The largest absolute Gasteiger partial charge is 0.481 e. The third kappa shape index (κ3) is 4.88. The number of alkyl halides is 3. The predicted octanol–water partition coefficient (Wildman–Crippen LogP) is 5.83. The van der Waals surface area contributed by atoms with Gasteiger partial charge in [-0.2, -0.15) is 13.2 Å². The highest BCUT2D eigenvalue weighted by Crippen LogP contribution is 2.40. The van der Waals surface area contributed by atoms with E-state index in [1.54, 1.807) is 11.8 Å². The number of rotatable bonds is 6. The van der Waals surface area contributed by atoms with Crippen molar-refractivity contribution in [2.45, 2.75) is 36.9 Å². The monoisotopic (exact) mass is 429 g/mol. The van der Waals surface area contributed by atoms with Gasteiger partial charge in [-0.3, -0.25) is 4.79 Å². The minimum atomic E-state index is -4.36. The van der Waals surface area contributed by atoms with Gasteiger partial charge < -0.3 is 14.8 Å². The van der Waals surface area contributed by atoms with Gasteiger partial charge in [-0.05, 0) is 32.0 Å². The predicted molar refractivity (Wildman–Crippen MR) is 105 cm³/mol. The van der Waals surface area contributed by atoms with Gasteiger partial charge in [0.2, 0.25) is 0 Å². The van der Waals surface area contributed by atoms with Crippen LogP contribution in [0.15, 0.2) is 45.4 Å². The van der Waals surface area contributed by atoms with Crippen molar-refractivity contribution in [3.8, 4) is 11.3 Å². The Balaban J connectivity index is 1.63. The maximum absolute atomic E-state index is 12.7. The van der Waals surface area contributed by atoms with Gasteiger partial charge in [-0.1, -0.05) is 23.9 Å². The second-order valence-corrected chi connectivity index (χ2v) is 8.88. The molecule has 3 rings (SSSR count). The topological polar surface area (TPSA) is 62.5 Å². The number of furan rings is 1. The molecule has 9 heteroatoms. The number of allylic oxidation sites excluding steroid dienone is 1. The molecule has 0 aliphatic carbocycles.